The Kier molecular flexibility index (Phi) is 4.80. The predicted molar refractivity (Wildman–Crippen MR) is 128 cm³/mol. The molecule has 8 heteroatoms. The molecule has 33 heavy (non-hydrogen) atoms. The van der Waals surface area contributed by atoms with E-state index >= 15 is 0 Å². The molecule has 6 rings (SSSR count). The van der Waals surface area contributed by atoms with E-state index in [4.69, 9.17) is 9.62 Å². The third-order valence-corrected chi connectivity index (χ3v) is 6.14. The Hall–Kier alpha value is -3.78. The first kappa shape index (κ1) is 19.9. The fourth-order valence-corrected chi connectivity index (χ4v) is 4.63. The molecular formula is C25H25N7O. The van der Waals surface area contributed by atoms with E-state index in [-0.39, 0.29) is 0 Å². The highest BCUT2D eigenvalue weighted by molar-refractivity contribution is 6.00. The minimum Gasteiger partial charge on any atom is -0.359 e. The van der Waals surface area contributed by atoms with Crippen LogP contribution in [0.1, 0.15) is 18.6 Å². The van der Waals surface area contributed by atoms with Crippen LogP contribution >= 0.6 is 0 Å². The SMILES string of the molecule is CN(C)Cc1onc(-c2ccccc2)c1-c1nnc2c3ccccc3c(N3CCCC3)nn12. The van der Waals surface area contributed by atoms with E-state index < -0.39 is 0 Å². The summed E-state index contributed by atoms with van der Waals surface area (Å²) in [7, 11) is 4.02. The topological polar surface area (TPSA) is 75.6 Å². The van der Waals surface area contributed by atoms with E-state index in [1.165, 1.54) is 12.8 Å². The third kappa shape index (κ3) is 3.34. The first-order valence-electron chi connectivity index (χ1n) is 11.3. The summed E-state index contributed by atoms with van der Waals surface area (Å²) in [5.41, 5.74) is 3.29. The van der Waals surface area contributed by atoms with Gasteiger partial charge < -0.3 is 14.3 Å². The first-order chi connectivity index (χ1) is 16.2. The van der Waals surface area contributed by atoms with Gasteiger partial charge in [-0.1, -0.05) is 59.8 Å². The molecule has 0 atom stereocenters. The van der Waals surface area contributed by atoms with Crippen molar-refractivity contribution in [1.29, 1.82) is 0 Å². The highest BCUT2D eigenvalue weighted by Gasteiger charge is 2.27. The number of benzene rings is 2. The first-order valence-corrected chi connectivity index (χ1v) is 11.3. The van der Waals surface area contributed by atoms with Gasteiger partial charge in [0.15, 0.2) is 23.0 Å². The normalized spacial score (nSPS) is 14.2. The molecule has 0 amide bonds. The van der Waals surface area contributed by atoms with Crippen LogP contribution in [0.5, 0.6) is 0 Å². The molecule has 0 spiro atoms. The second-order valence-electron chi connectivity index (χ2n) is 8.76. The Bertz CT molecular complexity index is 1430. The van der Waals surface area contributed by atoms with Gasteiger partial charge in [-0.05, 0) is 26.9 Å². The molecule has 0 aliphatic carbocycles. The number of nitrogens with zero attached hydrogens (tertiary/aromatic N) is 7. The van der Waals surface area contributed by atoms with Crippen molar-refractivity contribution in [3.8, 4) is 22.6 Å². The maximum atomic E-state index is 5.84. The van der Waals surface area contributed by atoms with Gasteiger partial charge in [0, 0.05) is 29.4 Å². The molecule has 5 aromatic rings. The van der Waals surface area contributed by atoms with Gasteiger partial charge in [-0.2, -0.15) is 4.52 Å². The zero-order valence-corrected chi connectivity index (χ0v) is 18.8. The summed E-state index contributed by atoms with van der Waals surface area (Å²) in [5.74, 6) is 2.36. The number of rotatable bonds is 5. The third-order valence-electron chi connectivity index (χ3n) is 6.14. The maximum absolute atomic E-state index is 5.84. The number of hydrogen-bond donors (Lipinski definition) is 0. The lowest BCUT2D eigenvalue weighted by Gasteiger charge is -2.19. The lowest BCUT2D eigenvalue weighted by Crippen LogP contribution is -2.20. The van der Waals surface area contributed by atoms with Crippen LogP contribution in [0, 0.1) is 0 Å². The van der Waals surface area contributed by atoms with Crippen LogP contribution in [0.15, 0.2) is 59.1 Å². The number of fused-ring (bicyclic) bond motifs is 3. The van der Waals surface area contributed by atoms with E-state index in [9.17, 15) is 0 Å². The minimum absolute atomic E-state index is 0.594. The molecule has 8 nitrogen and oxygen atoms in total. The Morgan fingerprint density at radius 1 is 0.909 bits per heavy atom. The van der Waals surface area contributed by atoms with Crippen molar-refractivity contribution >= 4 is 22.2 Å². The quantitative estimate of drug-likeness (QED) is 0.405. The van der Waals surface area contributed by atoms with E-state index in [0.717, 1.165) is 57.9 Å². The molecule has 1 saturated heterocycles. The van der Waals surface area contributed by atoms with Crippen molar-refractivity contribution in [2.45, 2.75) is 19.4 Å². The van der Waals surface area contributed by atoms with Crippen LogP contribution < -0.4 is 4.90 Å². The van der Waals surface area contributed by atoms with Crippen LogP contribution in [0.2, 0.25) is 0 Å². The summed E-state index contributed by atoms with van der Waals surface area (Å²) in [4.78, 5) is 4.42. The highest BCUT2D eigenvalue weighted by Crippen LogP contribution is 2.36. The van der Waals surface area contributed by atoms with Crippen LogP contribution in [0.3, 0.4) is 0 Å². The molecule has 0 radical (unpaired) electrons. The van der Waals surface area contributed by atoms with Gasteiger partial charge in [-0.3, -0.25) is 0 Å². The average Bonchev–Trinajstić information content (AvgIpc) is 3.58. The van der Waals surface area contributed by atoms with Crippen LogP contribution in [-0.4, -0.2) is 57.1 Å². The van der Waals surface area contributed by atoms with Crippen LogP contribution in [-0.2, 0) is 6.54 Å². The Balaban J connectivity index is 1.63. The largest absolute Gasteiger partial charge is 0.359 e. The Labute approximate surface area is 191 Å². The van der Waals surface area contributed by atoms with Crippen LogP contribution in [0.25, 0.3) is 39.1 Å². The second-order valence-corrected chi connectivity index (χ2v) is 8.76. The van der Waals surface area contributed by atoms with Gasteiger partial charge in [-0.25, -0.2) is 0 Å². The smallest absolute Gasteiger partial charge is 0.191 e. The molecule has 1 fully saturated rings. The van der Waals surface area contributed by atoms with Gasteiger partial charge in [0.1, 0.15) is 5.69 Å². The van der Waals surface area contributed by atoms with E-state index in [1.807, 2.05) is 55.0 Å². The predicted octanol–water partition coefficient (Wildman–Crippen LogP) is 4.26. The molecule has 0 N–H and O–H groups in total. The van der Waals surface area contributed by atoms with Crippen molar-refractivity contribution in [2.75, 3.05) is 32.1 Å². The van der Waals surface area contributed by atoms with Crippen molar-refractivity contribution in [1.82, 2.24) is 29.9 Å². The lowest BCUT2D eigenvalue weighted by atomic mass is 10.1. The van der Waals surface area contributed by atoms with Gasteiger partial charge in [0.05, 0.1) is 12.1 Å². The standard InChI is InChI=1S/C25H25N7O/c1-30(2)16-20-21(22(29-33-20)17-10-4-3-5-11-17)25-27-26-23-18-12-6-7-13-19(18)24(28-32(23)25)31-14-8-9-15-31/h3-7,10-13H,8-9,14-16H2,1-2H3. The molecule has 2 aromatic carbocycles. The van der Waals surface area contributed by atoms with Gasteiger partial charge in [0.25, 0.3) is 0 Å². The number of hydrogen-bond acceptors (Lipinski definition) is 7. The summed E-state index contributed by atoms with van der Waals surface area (Å²) in [5, 5.41) is 20.9. The minimum atomic E-state index is 0.594. The molecule has 1 aliphatic heterocycles. The summed E-state index contributed by atoms with van der Waals surface area (Å²) in [6.45, 7) is 2.61. The molecular weight excluding hydrogens is 414 g/mol. The summed E-state index contributed by atoms with van der Waals surface area (Å²) >= 11 is 0. The highest BCUT2D eigenvalue weighted by atomic mass is 16.5. The zero-order valence-electron chi connectivity index (χ0n) is 18.8. The molecule has 166 valence electrons. The van der Waals surface area contributed by atoms with Crippen molar-refractivity contribution < 1.29 is 4.52 Å². The lowest BCUT2D eigenvalue weighted by molar-refractivity contribution is 0.311. The summed E-state index contributed by atoms with van der Waals surface area (Å²) in [6.07, 6.45) is 2.36. The van der Waals surface area contributed by atoms with E-state index in [0.29, 0.717) is 12.4 Å². The van der Waals surface area contributed by atoms with Crippen molar-refractivity contribution in [3.05, 3.63) is 60.4 Å². The van der Waals surface area contributed by atoms with Gasteiger partial charge in [0.2, 0.25) is 0 Å². The van der Waals surface area contributed by atoms with Crippen molar-refractivity contribution in [3.63, 3.8) is 0 Å². The molecule has 3 aromatic heterocycles. The second kappa shape index (κ2) is 7.97. The van der Waals surface area contributed by atoms with E-state index in [1.54, 1.807) is 0 Å². The molecule has 4 heterocycles. The van der Waals surface area contributed by atoms with Gasteiger partial charge >= 0.3 is 0 Å². The summed E-state index contributed by atoms with van der Waals surface area (Å²) in [6, 6.07) is 18.4. The molecule has 0 unspecified atom stereocenters. The summed E-state index contributed by atoms with van der Waals surface area (Å²) < 4.78 is 7.71. The maximum Gasteiger partial charge on any atom is 0.191 e. The monoisotopic (exact) mass is 439 g/mol. The number of aromatic nitrogens is 5. The van der Waals surface area contributed by atoms with Crippen LogP contribution in [0.4, 0.5) is 5.82 Å². The van der Waals surface area contributed by atoms with Crippen molar-refractivity contribution in [2.24, 2.45) is 0 Å². The van der Waals surface area contributed by atoms with Gasteiger partial charge in [-0.15, -0.1) is 15.3 Å². The fourth-order valence-electron chi connectivity index (χ4n) is 4.63. The molecule has 0 saturated carbocycles. The average molecular weight is 440 g/mol. The van der Waals surface area contributed by atoms with E-state index in [2.05, 4.69) is 43.4 Å². The molecule has 1 aliphatic rings. The Morgan fingerprint density at radius 2 is 1.64 bits per heavy atom. The zero-order chi connectivity index (χ0) is 22.4. The number of anilines is 1. The molecule has 0 bridgehead atoms. The Morgan fingerprint density at radius 3 is 2.39 bits per heavy atom. The fraction of sp³-hybridized carbons (Fsp3) is 0.280.